The van der Waals surface area contributed by atoms with Gasteiger partial charge < -0.3 is 10.1 Å². The summed E-state index contributed by atoms with van der Waals surface area (Å²) in [5.41, 5.74) is 0. The van der Waals surface area contributed by atoms with Crippen molar-refractivity contribution in [2.45, 2.75) is 26.3 Å². The lowest BCUT2D eigenvalue weighted by atomic mass is 10.1. The van der Waals surface area contributed by atoms with Crippen molar-refractivity contribution in [3.05, 3.63) is 22.4 Å². The molecule has 0 aliphatic carbocycles. The Labute approximate surface area is 94.0 Å². The number of hydrogen-bond donors (Lipinski definition) is 1. The van der Waals surface area contributed by atoms with Crippen molar-refractivity contribution >= 4 is 18.4 Å². The molecule has 0 aliphatic rings. The summed E-state index contributed by atoms with van der Waals surface area (Å²) >= 11 is 4.16. The second-order valence-electron chi connectivity index (χ2n) is 3.60. The molecular formula is C9H15N3O2S. The average Bonchev–Trinajstić information content (AvgIpc) is 2.63. The number of nitro groups is 1. The number of nitrogens with zero attached hydrogens (tertiary/aromatic N) is 3. The summed E-state index contributed by atoms with van der Waals surface area (Å²) in [5.74, 6) is 1.36. The van der Waals surface area contributed by atoms with Crippen LogP contribution in [0.4, 0.5) is 5.82 Å². The molecule has 6 heteroatoms. The van der Waals surface area contributed by atoms with E-state index in [2.05, 4.69) is 24.7 Å². The van der Waals surface area contributed by atoms with E-state index in [1.54, 1.807) is 10.9 Å². The van der Waals surface area contributed by atoms with E-state index in [-0.39, 0.29) is 5.82 Å². The first-order chi connectivity index (χ1) is 7.13. The summed E-state index contributed by atoms with van der Waals surface area (Å²) in [6.07, 6.45) is 3.68. The molecule has 1 rings (SSSR count). The second-order valence-corrected chi connectivity index (χ2v) is 4.05. The molecule has 1 aromatic heterocycles. The summed E-state index contributed by atoms with van der Waals surface area (Å²) in [5, 5.41) is 14.2. The van der Waals surface area contributed by atoms with Gasteiger partial charge >= 0.3 is 5.82 Å². The molecule has 1 unspecified atom stereocenters. The van der Waals surface area contributed by atoms with Crippen molar-refractivity contribution in [2.75, 3.05) is 5.75 Å². The van der Waals surface area contributed by atoms with Gasteiger partial charge in [0, 0.05) is 0 Å². The second kappa shape index (κ2) is 5.75. The minimum atomic E-state index is -0.479. The third-order valence-corrected chi connectivity index (χ3v) is 2.54. The smallest absolute Gasteiger partial charge is 0.358 e. The molecule has 0 saturated heterocycles. The zero-order valence-corrected chi connectivity index (χ0v) is 9.56. The van der Waals surface area contributed by atoms with E-state index in [1.807, 2.05) is 0 Å². The first kappa shape index (κ1) is 12.0. The highest BCUT2D eigenvalue weighted by atomic mass is 32.1. The van der Waals surface area contributed by atoms with Crippen LogP contribution in [0.1, 0.15) is 19.8 Å². The summed E-state index contributed by atoms with van der Waals surface area (Å²) < 4.78 is 1.62. The molecule has 0 N–H and O–H groups in total. The predicted octanol–water partition coefficient (Wildman–Crippen LogP) is 2.14. The van der Waals surface area contributed by atoms with E-state index >= 15 is 0 Å². The van der Waals surface area contributed by atoms with Crippen LogP contribution in [0.15, 0.2) is 12.3 Å². The normalized spacial score (nSPS) is 12.7. The van der Waals surface area contributed by atoms with Crippen LogP contribution in [0.5, 0.6) is 0 Å². The Balaban J connectivity index is 2.40. The molecule has 1 atom stereocenters. The molecule has 1 heterocycles. The third-order valence-electron chi connectivity index (χ3n) is 2.29. The largest absolute Gasteiger partial charge is 0.389 e. The predicted molar refractivity (Wildman–Crippen MR) is 61.1 cm³/mol. The number of rotatable bonds is 6. The quantitative estimate of drug-likeness (QED) is 0.462. The Kier molecular flexibility index (Phi) is 4.61. The van der Waals surface area contributed by atoms with Crippen molar-refractivity contribution in [1.82, 2.24) is 9.78 Å². The number of thiol groups is 1. The Hall–Kier alpha value is -1.04. The molecule has 0 bridgehead atoms. The molecule has 0 aliphatic heterocycles. The van der Waals surface area contributed by atoms with Crippen LogP contribution in [0.25, 0.3) is 0 Å². The first-order valence-electron chi connectivity index (χ1n) is 4.92. The van der Waals surface area contributed by atoms with Crippen LogP contribution in [0.2, 0.25) is 0 Å². The van der Waals surface area contributed by atoms with Gasteiger partial charge in [-0.15, -0.1) is 0 Å². The maximum atomic E-state index is 10.4. The fourth-order valence-electron chi connectivity index (χ4n) is 1.29. The molecular weight excluding hydrogens is 214 g/mol. The zero-order valence-electron chi connectivity index (χ0n) is 8.67. The average molecular weight is 229 g/mol. The van der Waals surface area contributed by atoms with Crippen molar-refractivity contribution in [1.29, 1.82) is 0 Å². The molecule has 0 aromatic carbocycles. The van der Waals surface area contributed by atoms with Gasteiger partial charge in [-0.25, -0.2) is 0 Å². The summed E-state index contributed by atoms with van der Waals surface area (Å²) in [7, 11) is 0. The lowest BCUT2D eigenvalue weighted by Crippen LogP contribution is -2.05. The van der Waals surface area contributed by atoms with Gasteiger partial charge in [0.15, 0.2) is 0 Å². The standard InChI is InChI=1S/C9H15N3O2S/c1-8(4-7-15)2-5-11-6-3-9(10-11)12(13)14/h3,6,8,15H,2,4-5,7H2,1H3. The fraction of sp³-hybridized carbons (Fsp3) is 0.667. The van der Waals surface area contributed by atoms with Crippen LogP contribution in [-0.2, 0) is 6.54 Å². The minimum absolute atomic E-state index is 0.0863. The zero-order chi connectivity index (χ0) is 11.3. The molecule has 1 aromatic rings. The van der Waals surface area contributed by atoms with Crippen molar-refractivity contribution < 1.29 is 4.92 Å². The van der Waals surface area contributed by atoms with Crippen LogP contribution in [0.3, 0.4) is 0 Å². The van der Waals surface area contributed by atoms with E-state index in [4.69, 9.17) is 0 Å². The van der Waals surface area contributed by atoms with E-state index < -0.39 is 4.92 Å². The van der Waals surface area contributed by atoms with Gasteiger partial charge in [-0.2, -0.15) is 17.3 Å². The van der Waals surface area contributed by atoms with E-state index in [0.717, 1.165) is 25.1 Å². The van der Waals surface area contributed by atoms with Crippen molar-refractivity contribution in [3.63, 3.8) is 0 Å². The van der Waals surface area contributed by atoms with Gasteiger partial charge in [-0.05, 0) is 29.4 Å². The molecule has 5 nitrogen and oxygen atoms in total. The molecule has 0 radical (unpaired) electrons. The summed E-state index contributed by atoms with van der Waals surface area (Å²) in [6.45, 7) is 2.87. The third kappa shape index (κ3) is 3.91. The number of aryl methyl sites for hydroxylation is 1. The monoisotopic (exact) mass is 229 g/mol. The van der Waals surface area contributed by atoms with E-state index in [0.29, 0.717) is 5.92 Å². The van der Waals surface area contributed by atoms with Crippen molar-refractivity contribution in [2.24, 2.45) is 5.92 Å². The van der Waals surface area contributed by atoms with Crippen LogP contribution >= 0.6 is 12.6 Å². The van der Waals surface area contributed by atoms with Gasteiger partial charge in [0.05, 0.1) is 23.9 Å². The van der Waals surface area contributed by atoms with E-state index in [9.17, 15) is 10.1 Å². The number of hydrogen-bond acceptors (Lipinski definition) is 4. The Morgan fingerprint density at radius 2 is 2.40 bits per heavy atom. The summed E-state index contributed by atoms with van der Waals surface area (Å²) in [4.78, 5) is 9.90. The lowest BCUT2D eigenvalue weighted by Gasteiger charge is -2.07. The highest BCUT2D eigenvalue weighted by Gasteiger charge is 2.11. The SMILES string of the molecule is CC(CCS)CCn1ccc([N+](=O)[O-])n1. The van der Waals surface area contributed by atoms with Crippen LogP contribution in [0, 0.1) is 16.0 Å². The minimum Gasteiger partial charge on any atom is -0.358 e. The highest BCUT2D eigenvalue weighted by molar-refractivity contribution is 7.80. The van der Waals surface area contributed by atoms with Crippen LogP contribution < -0.4 is 0 Å². The molecule has 15 heavy (non-hydrogen) atoms. The Bertz CT molecular complexity index is 327. The molecule has 0 amide bonds. The lowest BCUT2D eigenvalue weighted by molar-refractivity contribution is -0.389. The number of aromatic nitrogens is 2. The fourth-order valence-corrected chi connectivity index (χ4v) is 1.73. The van der Waals surface area contributed by atoms with Gasteiger partial charge in [-0.1, -0.05) is 6.92 Å². The van der Waals surface area contributed by atoms with Crippen molar-refractivity contribution in [3.8, 4) is 0 Å². The Morgan fingerprint density at radius 3 is 2.93 bits per heavy atom. The van der Waals surface area contributed by atoms with Gasteiger partial charge in [0.2, 0.25) is 0 Å². The maximum Gasteiger partial charge on any atom is 0.389 e. The maximum absolute atomic E-state index is 10.4. The Morgan fingerprint density at radius 1 is 1.67 bits per heavy atom. The molecule has 84 valence electrons. The topological polar surface area (TPSA) is 61.0 Å². The van der Waals surface area contributed by atoms with Crippen LogP contribution in [-0.4, -0.2) is 20.5 Å². The molecule has 0 saturated carbocycles. The van der Waals surface area contributed by atoms with Gasteiger partial charge in [0.1, 0.15) is 0 Å². The summed E-state index contributed by atoms with van der Waals surface area (Å²) in [6, 6.07) is 1.42. The van der Waals surface area contributed by atoms with E-state index in [1.165, 1.54) is 6.07 Å². The highest BCUT2D eigenvalue weighted by Crippen LogP contribution is 2.11. The van der Waals surface area contributed by atoms with Gasteiger partial charge in [-0.3, -0.25) is 0 Å². The molecule has 0 spiro atoms. The van der Waals surface area contributed by atoms with Gasteiger partial charge in [0.25, 0.3) is 0 Å². The molecule has 0 fully saturated rings. The first-order valence-corrected chi connectivity index (χ1v) is 5.55.